The zero-order chi connectivity index (χ0) is 24.0. The maximum Gasteiger partial charge on any atom is 0.471 e. The van der Waals surface area contributed by atoms with Gasteiger partial charge in [0.1, 0.15) is 5.65 Å². The maximum absolute atomic E-state index is 12.9. The molecular weight excluding hydrogens is 506 g/mol. The molecule has 8 nitrogen and oxygen atoms in total. The zero-order valence-electron chi connectivity index (χ0n) is 16.5. The Hall–Kier alpha value is -2.96. The minimum Gasteiger partial charge on any atom is -0.329 e. The molecule has 4 rings (SSSR count). The summed E-state index contributed by atoms with van der Waals surface area (Å²) < 4.78 is 60.4. The standard InChI is InChI=1S/C19H12Cl2F3N5O3S/c1-33(31,12-3-4-13(20)14(21)7-12)28-16(30)6-11-9-29-8-10(2-5-15(29)25-11)17-26-18(32-27-17)19(22,23)24/h2-5,7-9H,6H2,1H3. The first kappa shape index (κ1) is 23.2. The van der Waals surface area contributed by atoms with E-state index in [-0.39, 0.29) is 32.7 Å². The van der Waals surface area contributed by atoms with Crippen molar-refractivity contribution in [3.05, 3.63) is 64.4 Å². The minimum atomic E-state index is -4.75. The Kier molecular flexibility index (Phi) is 5.93. The van der Waals surface area contributed by atoms with Crippen molar-refractivity contribution in [1.82, 2.24) is 19.5 Å². The summed E-state index contributed by atoms with van der Waals surface area (Å²) in [6, 6.07) is 7.30. The van der Waals surface area contributed by atoms with E-state index in [1.54, 1.807) is 0 Å². The first-order valence-corrected chi connectivity index (χ1v) is 11.7. The van der Waals surface area contributed by atoms with E-state index < -0.39 is 27.7 Å². The lowest BCUT2D eigenvalue weighted by Crippen LogP contribution is -2.06. The van der Waals surface area contributed by atoms with Crippen LogP contribution in [0.4, 0.5) is 13.2 Å². The van der Waals surface area contributed by atoms with Gasteiger partial charge < -0.3 is 8.92 Å². The molecule has 4 aromatic rings. The molecule has 0 radical (unpaired) electrons. The minimum absolute atomic E-state index is 0.187. The predicted octanol–water partition coefficient (Wildman–Crippen LogP) is 4.94. The van der Waals surface area contributed by atoms with Crippen LogP contribution in [-0.2, 0) is 27.1 Å². The molecule has 1 unspecified atom stereocenters. The van der Waals surface area contributed by atoms with Crippen LogP contribution in [0.1, 0.15) is 11.6 Å². The van der Waals surface area contributed by atoms with Crippen LogP contribution in [-0.4, -0.2) is 35.9 Å². The molecule has 0 N–H and O–H groups in total. The second-order valence-electron chi connectivity index (χ2n) is 6.88. The van der Waals surface area contributed by atoms with E-state index in [9.17, 15) is 22.2 Å². The number of nitrogens with zero attached hydrogens (tertiary/aromatic N) is 5. The average Bonchev–Trinajstić information content (AvgIpc) is 3.35. The summed E-state index contributed by atoms with van der Waals surface area (Å²) >= 11 is 11.8. The lowest BCUT2D eigenvalue weighted by Gasteiger charge is -2.05. The average molecular weight is 518 g/mol. The van der Waals surface area contributed by atoms with Crippen molar-refractivity contribution in [1.29, 1.82) is 0 Å². The van der Waals surface area contributed by atoms with Crippen LogP contribution in [0, 0.1) is 0 Å². The second kappa shape index (κ2) is 8.43. The summed E-state index contributed by atoms with van der Waals surface area (Å²) in [7, 11) is -3.07. The third kappa shape index (κ3) is 5.02. The normalized spacial score (nSPS) is 13.8. The molecule has 3 aromatic heterocycles. The highest BCUT2D eigenvalue weighted by Gasteiger charge is 2.38. The number of hydrogen-bond acceptors (Lipinski definition) is 6. The van der Waals surface area contributed by atoms with E-state index in [1.807, 2.05) is 0 Å². The molecule has 0 fully saturated rings. The Morgan fingerprint density at radius 2 is 1.91 bits per heavy atom. The van der Waals surface area contributed by atoms with Gasteiger partial charge in [0.2, 0.25) is 5.82 Å². The van der Waals surface area contributed by atoms with Crippen molar-refractivity contribution in [2.24, 2.45) is 4.36 Å². The maximum atomic E-state index is 12.9. The smallest absolute Gasteiger partial charge is 0.329 e. The highest BCUT2D eigenvalue weighted by molar-refractivity contribution is 7.93. The molecule has 172 valence electrons. The fourth-order valence-corrected chi connectivity index (χ4v) is 4.44. The van der Waals surface area contributed by atoms with Gasteiger partial charge in [-0.25, -0.2) is 9.19 Å². The quantitative estimate of drug-likeness (QED) is 0.380. The van der Waals surface area contributed by atoms with Crippen LogP contribution >= 0.6 is 23.2 Å². The van der Waals surface area contributed by atoms with Crippen molar-refractivity contribution in [2.75, 3.05) is 6.26 Å². The van der Waals surface area contributed by atoms with E-state index in [2.05, 4.69) is 24.0 Å². The van der Waals surface area contributed by atoms with Crippen molar-refractivity contribution >= 4 is 44.5 Å². The van der Waals surface area contributed by atoms with Crippen LogP contribution in [0.3, 0.4) is 0 Å². The Balaban J connectivity index is 1.57. The molecular formula is C19H12Cl2F3N5O3S. The van der Waals surface area contributed by atoms with Gasteiger partial charge in [0.15, 0.2) is 0 Å². The fraction of sp³-hybridized carbons (Fsp3) is 0.158. The summed E-state index contributed by atoms with van der Waals surface area (Å²) in [6.45, 7) is 0. The first-order chi connectivity index (χ1) is 15.4. The highest BCUT2D eigenvalue weighted by Crippen LogP contribution is 2.29. The number of halogens is 5. The first-order valence-electron chi connectivity index (χ1n) is 9.01. The number of alkyl halides is 3. The molecule has 33 heavy (non-hydrogen) atoms. The molecule has 0 spiro atoms. The molecule has 1 amide bonds. The number of fused-ring (bicyclic) bond motifs is 1. The lowest BCUT2D eigenvalue weighted by molar-refractivity contribution is -0.159. The summed E-state index contributed by atoms with van der Waals surface area (Å²) in [4.78, 5) is 20.3. The SMILES string of the molecule is CS(=O)(=NC(=O)Cc1cn2cc(-c3noc(C(F)(F)F)n3)ccc2n1)c1ccc(Cl)c(Cl)c1. The topological polar surface area (TPSA) is 103 Å². The molecule has 14 heteroatoms. The van der Waals surface area contributed by atoms with Gasteiger partial charge in [-0.3, -0.25) is 4.79 Å². The van der Waals surface area contributed by atoms with E-state index >= 15 is 0 Å². The number of carbonyl (C=O) groups is 1. The van der Waals surface area contributed by atoms with Crippen LogP contribution in [0.2, 0.25) is 10.0 Å². The van der Waals surface area contributed by atoms with Crippen LogP contribution in [0.15, 0.2) is 56.5 Å². The van der Waals surface area contributed by atoms with Crippen molar-refractivity contribution < 1.29 is 26.7 Å². The number of aromatic nitrogens is 4. The number of hydrogen-bond donors (Lipinski definition) is 0. The Bertz CT molecular complexity index is 1510. The van der Waals surface area contributed by atoms with Crippen molar-refractivity contribution in [3.8, 4) is 11.4 Å². The highest BCUT2D eigenvalue weighted by atomic mass is 35.5. The molecule has 0 bridgehead atoms. The summed E-state index contributed by atoms with van der Waals surface area (Å²) in [5, 5.41) is 3.80. The number of pyridine rings is 1. The molecule has 0 aliphatic heterocycles. The van der Waals surface area contributed by atoms with E-state index in [1.165, 1.54) is 53.4 Å². The van der Waals surface area contributed by atoms with Gasteiger partial charge in [0, 0.05) is 29.1 Å². The molecule has 0 aliphatic carbocycles. The fourth-order valence-electron chi connectivity index (χ4n) is 2.86. The number of carbonyl (C=O) groups excluding carboxylic acids is 1. The third-order valence-corrected chi connectivity index (χ3v) is 6.78. The van der Waals surface area contributed by atoms with Gasteiger partial charge in [-0.05, 0) is 30.3 Å². The number of amides is 1. The Morgan fingerprint density at radius 1 is 1.15 bits per heavy atom. The molecule has 1 atom stereocenters. The second-order valence-corrected chi connectivity index (χ2v) is 9.95. The number of benzene rings is 1. The van der Waals surface area contributed by atoms with Crippen LogP contribution < -0.4 is 0 Å². The molecule has 0 saturated heterocycles. The van der Waals surface area contributed by atoms with Gasteiger partial charge in [0.05, 0.1) is 31.9 Å². The predicted molar refractivity (Wildman–Crippen MR) is 113 cm³/mol. The number of imidazole rings is 1. The van der Waals surface area contributed by atoms with E-state index in [4.69, 9.17) is 23.2 Å². The van der Waals surface area contributed by atoms with Crippen molar-refractivity contribution in [3.63, 3.8) is 0 Å². The van der Waals surface area contributed by atoms with Crippen LogP contribution in [0.25, 0.3) is 17.0 Å². The summed E-state index contributed by atoms with van der Waals surface area (Å²) in [5.74, 6) is -2.38. The van der Waals surface area contributed by atoms with E-state index in [0.717, 1.165) is 0 Å². The largest absolute Gasteiger partial charge is 0.471 e. The van der Waals surface area contributed by atoms with Crippen LogP contribution in [0.5, 0.6) is 0 Å². The van der Waals surface area contributed by atoms with E-state index in [0.29, 0.717) is 11.3 Å². The van der Waals surface area contributed by atoms with Gasteiger partial charge >= 0.3 is 12.1 Å². The number of rotatable bonds is 4. The third-order valence-electron chi connectivity index (χ3n) is 4.36. The lowest BCUT2D eigenvalue weighted by atomic mass is 10.3. The monoisotopic (exact) mass is 517 g/mol. The van der Waals surface area contributed by atoms with Crippen molar-refractivity contribution in [2.45, 2.75) is 17.5 Å². The van der Waals surface area contributed by atoms with Gasteiger partial charge in [-0.2, -0.15) is 22.5 Å². The Labute approximate surface area is 194 Å². The zero-order valence-corrected chi connectivity index (χ0v) is 18.8. The van der Waals surface area contributed by atoms with Gasteiger partial charge in [-0.15, -0.1) is 0 Å². The summed E-state index contributed by atoms with van der Waals surface area (Å²) in [5.41, 5.74) is 0.982. The molecule has 3 heterocycles. The molecule has 0 saturated carbocycles. The van der Waals surface area contributed by atoms with Gasteiger partial charge in [-0.1, -0.05) is 28.4 Å². The molecule has 1 aromatic carbocycles. The Morgan fingerprint density at radius 3 is 2.58 bits per heavy atom. The molecule has 0 aliphatic rings. The van der Waals surface area contributed by atoms with Gasteiger partial charge in [0.25, 0.3) is 5.91 Å². The summed E-state index contributed by atoms with van der Waals surface area (Å²) in [6.07, 6.45) is -0.758.